The number of nitrogens with zero attached hydrogens (tertiary/aromatic N) is 5. The molecular weight excluding hydrogens is 441 g/mol. The van der Waals surface area contributed by atoms with E-state index in [0.29, 0.717) is 23.5 Å². The van der Waals surface area contributed by atoms with Crippen molar-refractivity contribution in [3.05, 3.63) is 59.2 Å². The second kappa shape index (κ2) is 8.68. The van der Waals surface area contributed by atoms with Crippen molar-refractivity contribution in [1.29, 1.82) is 0 Å². The number of nitrogens with one attached hydrogen (secondary N) is 1. The number of rotatable bonds is 4. The SMILES string of the molecule is Cc1ccc(C2=NN(C(=O)N[C@H](C)c3ccc(C(F)(F)F)nc3)CC2N2CCOC2=O)nc1. The Balaban J connectivity index is 1.52. The fraction of sp³-hybridized carbons (Fsp3) is 0.381. The summed E-state index contributed by atoms with van der Waals surface area (Å²) in [5, 5.41) is 8.29. The molecule has 1 fully saturated rings. The van der Waals surface area contributed by atoms with Crippen LogP contribution in [-0.2, 0) is 10.9 Å². The molecule has 2 aromatic rings. The Hall–Kier alpha value is -3.70. The van der Waals surface area contributed by atoms with Gasteiger partial charge in [-0.2, -0.15) is 18.3 Å². The lowest BCUT2D eigenvalue weighted by atomic mass is 10.1. The normalized spacial score (nSPS) is 19.4. The summed E-state index contributed by atoms with van der Waals surface area (Å²) in [6.45, 7) is 4.20. The van der Waals surface area contributed by atoms with Crippen LogP contribution in [0.2, 0.25) is 0 Å². The molecule has 4 heterocycles. The van der Waals surface area contributed by atoms with E-state index in [-0.39, 0.29) is 13.2 Å². The molecule has 2 aliphatic heterocycles. The summed E-state index contributed by atoms with van der Waals surface area (Å²) in [5.41, 5.74) is 1.32. The van der Waals surface area contributed by atoms with Crippen molar-refractivity contribution in [1.82, 2.24) is 25.2 Å². The Labute approximate surface area is 187 Å². The zero-order valence-electron chi connectivity index (χ0n) is 17.8. The van der Waals surface area contributed by atoms with Crippen molar-refractivity contribution in [3.8, 4) is 0 Å². The first kappa shape index (κ1) is 22.5. The molecule has 33 heavy (non-hydrogen) atoms. The van der Waals surface area contributed by atoms with Gasteiger partial charge in [-0.1, -0.05) is 12.1 Å². The third-order valence-electron chi connectivity index (χ3n) is 5.38. The first-order chi connectivity index (χ1) is 15.6. The molecule has 4 rings (SSSR count). The van der Waals surface area contributed by atoms with Gasteiger partial charge in [0, 0.05) is 12.4 Å². The number of aromatic nitrogens is 2. The molecule has 1 unspecified atom stereocenters. The van der Waals surface area contributed by atoms with Crippen LogP contribution in [0, 0.1) is 6.92 Å². The van der Waals surface area contributed by atoms with E-state index in [1.54, 1.807) is 19.2 Å². The lowest BCUT2D eigenvalue weighted by molar-refractivity contribution is -0.141. The third kappa shape index (κ3) is 4.73. The zero-order valence-corrected chi connectivity index (χ0v) is 17.8. The highest BCUT2D eigenvalue weighted by Gasteiger charge is 2.41. The number of cyclic esters (lactones) is 1. The van der Waals surface area contributed by atoms with Crippen molar-refractivity contribution >= 4 is 17.8 Å². The minimum atomic E-state index is -4.54. The number of hydrogen-bond donors (Lipinski definition) is 1. The monoisotopic (exact) mass is 462 g/mol. The Morgan fingerprint density at radius 2 is 2.00 bits per heavy atom. The lowest BCUT2D eigenvalue weighted by Crippen LogP contribution is -2.46. The van der Waals surface area contributed by atoms with Crippen LogP contribution in [0.25, 0.3) is 0 Å². The highest BCUT2D eigenvalue weighted by atomic mass is 19.4. The average Bonchev–Trinajstić information content (AvgIpc) is 3.40. The highest BCUT2D eigenvalue weighted by molar-refractivity contribution is 6.06. The Morgan fingerprint density at radius 3 is 2.58 bits per heavy atom. The number of hydrazone groups is 1. The van der Waals surface area contributed by atoms with Crippen LogP contribution in [0.3, 0.4) is 0 Å². The number of carbonyl (C=O) groups excluding carboxylic acids is 2. The van der Waals surface area contributed by atoms with Crippen molar-refractivity contribution in [2.24, 2.45) is 5.10 Å². The zero-order chi connectivity index (χ0) is 23.8. The van der Waals surface area contributed by atoms with Crippen LogP contribution in [-0.4, -0.2) is 63.5 Å². The van der Waals surface area contributed by atoms with Crippen molar-refractivity contribution < 1.29 is 27.5 Å². The molecular formula is C21H21F3N6O3. The Kier molecular flexibility index (Phi) is 5.91. The molecule has 3 amide bonds. The highest BCUT2D eigenvalue weighted by Crippen LogP contribution is 2.28. The van der Waals surface area contributed by atoms with E-state index in [1.165, 1.54) is 16.0 Å². The van der Waals surface area contributed by atoms with Crippen LogP contribution < -0.4 is 5.32 Å². The lowest BCUT2D eigenvalue weighted by Gasteiger charge is -2.23. The molecule has 0 radical (unpaired) electrons. The second-order valence-electron chi connectivity index (χ2n) is 7.76. The summed E-state index contributed by atoms with van der Waals surface area (Å²) in [5.74, 6) is 0. The van der Waals surface area contributed by atoms with Crippen LogP contribution in [0.1, 0.15) is 35.5 Å². The van der Waals surface area contributed by atoms with Gasteiger partial charge in [-0.15, -0.1) is 0 Å². The Bertz CT molecular complexity index is 1070. The van der Waals surface area contributed by atoms with E-state index < -0.39 is 36.1 Å². The minimum absolute atomic E-state index is 0.0871. The van der Waals surface area contributed by atoms with Crippen LogP contribution >= 0.6 is 0 Å². The molecule has 2 atom stereocenters. The number of ether oxygens (including phenoxy) is 1. The standard InChI is InChI=1S/C21H21F3N6O3/c1-12-3-5-15(25-9-12)18-16(29-7-8-33-20(29)32)11-30(28-18)19(31)27-13(2)14-4-6-17(26-10-14)21(22,23)24/h3-6,9-10,13,16H,7-8,11H2,1-2H3,(H,27,31)/t13-,16?/m1/s1. The molecule has 12 heteroatoms. The summed E-state index contributed by atoms with van der Waals surface area (Å²) >= 11 is 0. The van der Waals surface area contributed by atoms with Crippen LogP contribution in [0.15, 0.2) is 41.8 Å². The van der Waals surface area contributed by atoms with Gasteiger partial charge >= 0.3 is 18.3 Å². The van der Waals surface area contributed by atoms with Crippen molar-refractivity contribution in [3.63, 3.8) is 0 Å². The van der Waals surface area contributed by atoms with Crippen molar-refractivity contribution in [2.75, 3.05) is 19.7 Å². The van der Waals surface area contributed by atoms with Gasteiger partial charge in [-0.3, -0.25) is 14.9 Å². The maximum absolute atomic E-state index is 12.9. The van der Waals surface area contributed by atoms with Gasteiger partial charge in [0.05, 0.1) is 24.8 Å². The number of carbonyl (C=O) groups is 2. The van der Waals surface area contributed by atoms with Gasteiger partial charge in [0.1, 0.15) is 24.1 Å². The molecule has 0 aromatic carbocycles. The topological polar surface area (TPSA) is 100 Å². The fourth-order valence-corrected chi connectivity index (χ4v) is 3.56. The summed E-state index contributed by atoms with van der Waals surface area (Å²) in [6.07, 6.45) is -2.29. The van der Waals surface area contributed by atoms with Crippen LogP contribution in [0.5, 0.6) is 0 Å². The minimum Gasteiger partial charge on any atom is -0.448 e. The molecule has 0 saturated carbocycles. The maximum Gasteiger partial charge on any atom is 0.433 e. The number of aryl methyl sites for hydroxylation is 1. The number of hydrogen-bond acceptors (Lipinski definition) is 6. The third-order valence-corrected chi connectivity index (χ3v) is 5.38. The summed E-state index contributed by atoms with van der Waals surface area (Å²) < 4.78 is 43.2. The van der Waals surface area contributed by atoms with Gasteiger partial charge in [0.15, 0.2) is 0 Å². The number of alkyl halides is 3. The van der Waals surface area contributed by atoms with Gasteiger partial charge in [0.25, 0.3) is 0 Å². The van der Waals surface area contributed by atoms with Crippen molar-refractivity contribution in [2.45, 2.75) is 32.1 Å². The molecule has 0 bridgehead atoms. The molecule has 0 spiro atoms. The second-order valence-corrected chi connectivity index (χ2v) is 7.76. The number of amides is 3. The van der Waals surface area contributed by atoms with Gasteiger partial charge in [-0.25, -0.2) is 14.6 Å². The summed E-state index contributed by atoms with van der Waals surface area (Å²) in [7, 11) is 0. The largest absolute Gasteiger partial charge is 0.448 e. The molecule has 2 aliphatic rings. The van der Waals surface area contributed by atoms with Gasteiger partial charge in [0.2, 0.25) is 0 Å². The number of urea groups is 1. The molecule has 1 N–H and O–H groups in total. The molecule has 0 aliphatic carbocycles. The van der Waals surface area contributed by atoms with Gasteiger partial charge in [-0.05, 0) is 37.1 Å². The fourth-order valence-electron chi connectivity index (χ4n) is 3.56. The molecule has 1 saturated heterocycles. The smallest absolute Gasteiger partial charge is 0.433 e. The average molecular weight is 462 g/mol. The summed E-state index contributed by atoms with van der Waals surface area (Å²) in [4.78, 5) is 34.3. The van der Waals surface area contributed by atoms with Crippen LogP contribution in [0.4, 0.5) is 22.8 Å². The predicted molar refractivity (Wildman–Crippen MR) is 110 cm³/mol. The first-order valence-corrected chi connectivity index (χ1v) is 10.2. The molecule has 9 nitrogen and oxygen atoms in total. The summed E-state index contributed by atoms with van der Waals surface area (Å²) in [6, 6.07) is 4.01. The first-order valence-electron chi connectivity index (χ1n) is 10.2. The van der Waals surface area contributed by atoms with E-state index in [4.69, 9.17) is 4.74 Å². The van der Waals surface area contributed by atoms with Gasteiger partial charge < -0.3 is 10.1 Å². The number of pyridine rings is 2. The quantitative estimate of drug-likeness (QED) is 0.753. The van der Waals surface area contributed by atoms with E-state index >= 15 is 0 Å². The maximum atomic E-state index is 12.9. The van der Waals surface area contributed by atoms with E-state index in [9.17, 15) is 22.8 Å². The van der Waals surface area contributed by atoms with E-state index in [0.717, 1.165) is 17.8 Å². The number of halogens is 3. The van der Waals surface area contributed by atoms with E-state index in [1.807, 2.05) is 13.0 Å². The van der Waals surface area contributed by atoms with E-state index in [2.05, 4.69) is 20.4 Å². The molecule has 174 valence electrons. The molecule has 2 aromatic heterocycles. The predicted octanol–water partition coefficient (Wildman–Crippen LogP) is 3.12. The Morgan fingerprint density at radius 1 is 1.21 bits per heavy atom.